The lowest BCUT2D eigenvalue weighted by Gasteiger charge is -2.02. The molecule has 0 saturated heterocycles. The van der Waals surface area contributed by atoms with E-state index in [1.165, 1.54) is 6.92 Å². The lowest BCUT2D eigenvalue weighted by molar-refractivity contribution is -0.120. The average molecular weight is 208 g/mol. The third kappa shape index (κ3) is 8.80. The van der Waals surface area contributed by atoms with E-state index in [2.05, 4.69) is 5.32 Å². The van der Waals surface area contributed by atoms with Gasteiger partial charge in [0.05, 0.1) is 6.26 Å². The molecule has 0 aliphatic heterocycles. The summed E-state index contributed by atoms with van der Waals surface area (Å²) in [6.45, 7) is 1.45. The summed E-state index contributed by atoms with van der Waals surface area (Å²) in [4.78, 5) is 21.1. The molecule has 0 aromatic rings. The van der Waals surface area contributed by atoms with Crippen molar-refractivity contribution in [2.45, 2.75) is 13.3 Å². The Morgan fingerprint density at radius 2 is 1.85 bits per heavy atom. The van der Waals surface area contributed by atoms with Crippen LogP contribution in [0.3, 0.4) is 0 Å². The zero-order valence-corrected chi connectivity index (χ0v) is 8.27. The molecule has 0 aliphatic carbocycles. The Hall–Kier alpha value is -1.11. The van der Waals surface area contributed by atoms with Gasteiger partial charge in [0.25, 0.3) is 0 Å². The summed E-state index contributed by atoms with van der Waals surface area (Å²) in [5.41, 5.74) is 0. The number of hydrogen-bond acceptors (Lipinski definition) is 4. The van der Waals surface area contributed by atoms with Gasteiger partial charge in [-0.15, -0.1) is 0 Å². The van der Waals surface area contributed by atoms with Gasteiger partial charge >= 0.3 is 0 Å². The van der Waals surface area contributed by atoms with Gasteiger partial charge < -0.3 is 5.32 Å². The van der Waals surface area contributed by atoms with Crippen LogP contribution in [0.5, 0.6) is 0 Å². The molecule has 2 N–H and O–H groups in total. The third-order valence-corrected chi connectivity index (χ3v) is 1.62. The second kappa shape index (κ2) is 4.80. The fourth-order valence-electron chi connectivity index (χ4n) is 0.610. The van der Waals surface area contributed by atoms with E-state index in [0.717, 1.165) is 6.26 Å². The van der Waals surface area contributed by atoms with Crippen LogP contribution in [0.1, 0.15) is 13.3 Å². The summed E-state index contributed by atoms with van der Waals surface area (Å²) < 4.78 is 22.8. The van der Waals surface area contributed by atoms with Crippen molar-refractivity contribution in [3.8, 4) is 0 Å². The van der Waals surface area contributed by atoms with Crippen LogP contribution < -0.4 is 10.0 Å². The monoisotopic (exact) mass is 208 g/mol. The quantitative estimate of drug-likeness (QED) is 0.593. The van der Waals surface area contributed by atoms with Crippen molar-refractivity contribution in [1.82, 2.24) is 10.0 Å². The Bertz CT molecular complexity index is 296. The average Bonchev–Trinajstić information content (AvgIpc) is 1.81. The normalized spacial score (nSPS) is 10.6. The molecule has 0 heterocycles. The van der Waals surface area contributed by atoms with Crippen molar-refractivity contribution < 1.29 is 18.0 Å². The van der Waals surface area contributed by atoms with E-state index in [4.69, 9.17) is 0 Å². The molecule has 0 rings (SSSR count). The highest BCUT2D eigenvalue weighted by molar-refractivity contribution is 7.89. The number of sulfonamides is 1. The molecule has 6 nitrogen and oxygen atoms in total. The van der Waals surface area contributed by atoms with Gasteiger partial charge in [0.1, 0.15) is 0 Å². The second-order valence-electron chi connectivity index (χ2n) is 2.53. The van der Waals surface area contributed by atoms with E-state index in [9.17, 15) is 18.0 Å². The largest absolute Gasteiger partial charge is 0.356 e. The van der Waals surface area contributed by atoms with Crippen LogP contribution >= 0.6 is 0 Å². The molecule has 0 bridgehead atoms. The molecule has 0 aromatic heterocycles. The fraction of sp³-hybridized carbons (Fsp3) is 0.667. The summed E-state index contributed by atoms with van der Waals surface area (Å²) in [5.74, 6) is -0.886. The first-order valence-electron chi connectivity index (χ1n) is 3.56. The van der Waals surface area contributed by atoms with Gasteiger partial charge in [0.2, 0.25) is 21.8 Å². The minimum atomic E-state index is -3.49. The van der Waals surface area contributed by atoms with Gasteiger partial charge in [-0.05, 0) is 0 Å². The van der Waals surface area contributed by atoms with Crippen LogP contribution in [0.2, 0.25) is 0 Å². The molecule has 0 atom stereocenters. The highest BCUT2D eigenvalue weighted by atomic mass is 32.2. The summed E-state index contributed by atoms with van der Waals surface area (Å²) in [7, 11) is -3.49. The van der Waals surface area contributed by atoms with Crippen LogP contribution in [0, 0.1) is 0 Å². The zero-order chi connectivity index (χ0) is 10.5. The number of nitrogens with one attached hydrogen (secondary N) is 2. The van der Waals surface area contributed by atoms with Crippen molar-refractivity contribution in [2.75, 3.05) is 12.8 Å². The summed E-state index contributed by atoms with van der Waals surface area (Å²) in [6, 6.07) is 0. The Morgan fingerprint density at radius 3 is 2.23 bits per heavy atom. The molecule has 0 radical (unpaired) electrons. The summed E-state index contributed by atoms with van der Waals surface area (Å²) in [5, 5.41) is 2.37. The third-order valence-electron chi connectivity index (χ3n) is 1.03. The van der Waals surface area contributed by atoms with Crippen molar-refractivity contribution in [3.63, 3.8) is 0 Å². The molecule has 0 spiro atoms. The van der Waals surface area contributed by atoms with E-state index < -0.39 is 15.9 Å². The predicted octanol–water partition coefficient (Wildman–Crippen LogP) is -1.41. The van der Waals surface area contributed by atoms with Crippen LogP contribution in [0.15, 0.2) is 0 Å². The van der Waals surface area contributed by atoms with Crippen molar-refractivity contribution in [3.05, 3.63) is 0 Å². The maximum atomic E-state index is 10.8. The Balaban J connectivity index is 3.71. The zero-order valence-electron chi connectivity index (χ0n) is 7.46. The molecule has 0 saturated carbocycles. The molecule has 0 unspecified atom stereocenters. The number of rotatable bonds is 4. The number of carbonyl (C=O) groups is 2. The van der Waals surface area contributed by atoms with Gasteiger partial charge in [-0.1, -0.05) is 0 Å². The summed E-state index contributed by atoms with van der Waals surface area (Å²) in [6.07, 6.45) is 0.843. The SMILES string of the molecule is CC(=O)NCCC(=O)NS(C)(=O)=O. The fourth-order valence-corrected chi connectivity index (χ4v) is 1.13. The molecule has 76 valence electrons. The first-order valence-corrected chi connectivity index (χ1v) is 5.45. The second-order valence-corrected chi connectivity index (χ2v) is 4.28. The van der Waals surface area contributed by atoms with Gasteiger partial charge in [-0.3, -0.25) is 14.3 Å². The maximum Gasteiger partial charge on any atom is 0.235 e. The molecule has 13 heavy (non-hydrogen) atoms. The van der Waals surface area contributed by atoms with Crippen molar-refractivity contribution in [1.29, 1.82) is 0 Å². The number of hydrogen-bond donors (Lipinski definition) is 2. The molecular formula is C6H12N2O4S. The lowest BCUT2D eigenvalue weighted by Crippen LogP contribution is -2.32. The van der Waals surface area contributed by atoms with Crippen LogP contribution in [0.25, 0.3) is 0 Å². The number of carbonyl (C=O) groups excluding carboxylic acids is 2. The van der Waals surface area contributed by atoms with Crippen LogP contribution in [-0.4, -0.2) is 33.0 Å². The standard InChI is InChI=1S/C6H12N2O4S/c1-5(9)7-4-3-6(10)8-13(2,11)12/h3-4H2,1-2H3,(H,7,9)(H,8,10). The minimum Gasteiger partial charge on any atom is -0.356 e. The Labute approximate surface area is 76.7 Å². The topological polar surface area (TPSA) is 92.3 Å². The van der Waals surface area contributed by atoms with E-state index >= 15 is 0 Å². The molecule has 0 fully saturated rings. The van der Waals surface area contributed by atoms with E-state index in [1.807, 2.05) is 0 Å². The van der Waals surface area contributed by atoms with E-state index in [0.29, 0.717) is 0 Å². The molecule has 2 amide bonds. The highest BCUT2D eigenvalue weighted by Crippen LogP contribution is 1.81. The van der Waals surface area contributed by atoms with E-state index in [1.54, 1.807) is 4.72 Å². The smallest absolute Gasteiger partial charge is 0.235 e. The lowest BCUT2D eigenvalue weighted by atomic mass is 10.4. The van der Waals surface area contributed by atoms with Crippen LogP contribution in [0.4, 0.5) is 0 Å². The Morgan fingerprint density at radius 1 is 1.31 bits per heavy atom. The molecular weight excluding hydrogens is 196 g/mol. The predicted molar refractivity (Wildman–Crippen MR) is 46.3 cm³/mol. The highest BCUT2D eigenvalue weighted by Gasteiger charge is 2.07. The van der Waals surface area contributed by atoms with Gasteiger partial charge in [-0.2, -0.15) is 0 Å². The van der Waals surface area contributed by atoms with Gasteiger partial charge in [0.15, 0.2) is 0 Å². The Kier molecular flexibility index (Phi) is 4.39. The molecule has 7 heteroatoms. The summed E-state index contributed by atoms with van der Waals surface area (Å²) >= 11 is 0. The van der Waals surface area contributed by atoms with Crippen molar-refractivity contribution >= 4 is 21.8 Å². The minimum absolute atomic E-state index is 0.0490. The number of amides is 2. The first kappa shape index (κ1) is 11.9. The van der Waals surface area contributed by atoms with Gasteiger partial charge in [0, 0.05) is 19.9 Å². The first-order chi connectivity index (χ1) is 5.81. The van der Waals surface area contributed by atoms with Gasteiger partial charge in [-0.25, -0.2) is 8.42 Å². The maximum absolute atomic E-state index is 10.8. The van der Waals surface area contributed by atoms with Crippen LogP contribution in [-0.2, 0) is 19.6 Å². The van der Waals surface area contributed by atoms with Crippen molar-refractivity contribution in [2.24, 2.45) is 0 Å². The molecule has 0 aliphatic rings. The molecule has 0 aromatic carbocycles. The van der Waals surface area contributed by atoms with E-state index in [-0.39, 0.29) is 18.9 Å².